The third kappa shape index (κ3) is 4.82. The quantitative estimate of drug-likeness (QED) is 0.178. The molecule has 0 bridgehead atoms. The van der Waals surface area contributed by atoms with Crippen molar-refractivity contribution in [2.45, 2.75) is 0 Å². The van der Waals surface area contributed by atoms with Crippen LogP contribution in [0.3, 0.4) is 0 Å². The summed E-state index contributed by atoms with van der Waals surface area (Å²) in [6, 6.07) is 64.5. The van der Waals surface area contributed by atoms with Crippen molar-refractivity contribution in [2.24, 2.45) is 0 Å². The minimum Gasteiger partial charge on any atom is -0.310 e. The molecule has 0 saturated heterocycles. The Bertz CT molecular complexity index is 2840. The van der Waals surface area contributed by atoms with Crippen molar-refractivity contribution in [1.82, 2.24) is 0 Å². The smallest absolute Gasteiger partial charge is 0.0540 e. The molecule has 10 rings (SSSR count). The number of thiophene rings is 2. The molecule has 0 unspecified atom stereocenters. The molecule has 8 aromatic carbocycles. The van der Waals surface area contributed by atoms with Gasteiger partial charge in [-0.2, -0.15) is 0 Å². The molecule has 0 saturated carbocycles. The Balaban J connectivity index is 1.11. The molecule has 0 amide bonds. The van der Waals surface area contributed by atoms with Crippen LogP contribution >= 0.6 is 22.7 Å². The molecule has 10 aromatic rings. The first kappa shape index (κ1) is 28.3. The van der Waals surface area contributed by atoms with E-state index in [0.29, 0.717) is 0 Å². The number of fused-ring (bicyclic) bond motifs is 7. The molecule has 49 heavy (non-hydrogen) atoms. The minimum absolute atomic E-state index is 1.12. The fourth-order valence-corrected chi connectivity index (χ4v) is 9.55. The second kappa shape index (κ2) is 11.5. The average molecular weight is 660 g/mol. The van der Waals surface area contributed by atoms with E-state index in [-0.39, 0.29) is 0 Å². The molecule has 0 atom stereocenters. The van der Waals surface area contributed by atoms with Gasteiger partial charge < -0.3 is 4.90 Å². The average Bonchev–Trinajstić information content (AvgIpc) is 3.73. The maximum Gasteiger partial charge on any atom is 0.0540 e. The molecular formula is C46H29NS2. The molecule has 3 heteroatoms. The highest BCUT2D eigenvalue weighted by atomic mass is 32.1. The number of anilines is 3. The lowest BCUT2D eigenvalue weighted by Crippen LogP contribution is -2.11. The Labute approximate surface area is 292 Å². The van der Waals surface area contributed by atoms with Crippen LogP contribution in [-0.2, 0) is 0 Å². The van der Waals surface area contributed by atoms with E-state index in [4.69, 9.17) is 0 Å². The molecule has 0 spiro atoms. The summed E-state index contributed by atoms with van der Waals surface area (Å²) in [6.45, 7) is 0. The van der Waals surface area contributed by atoms with Crippen LogP contribution < -0.4 is 4.90 Å². The fraction of sp³-hybridized carbons (Fsp3) is 0. The van der Waals surface area contributed by atoms with E-state index in [1.54, 1.807) is 0 Å². The highest BCUT2D eigenvalue weighted by Gasteiger charge is 2.19. The lowest BCUT2D eigenvalue weighted by Gasteiger charge is -2.28. The van der Waals surface area contributed by atoms with Gasteiger partial charge in [-0.15, -0.1) is 22.7 Å². The Hall–Kier alpha value is -5.74. The highest BCUT2D eigenvalue weighted by molar-refractivity contribution is 7.26. The third-order valence-corrected chi connectivity index (χ3v) is 11.9. The largest absolute Gasteiger partial charge is 0.310 e. The molecule has 0 aliphatic heterocycles. The number of benzene rings is 8. The van der Waals surface area contributed by atoms with Crippen molar-refractivity contribution >= 4 is 90.9 Å². The van der Waals surface area contributed by atoms with Gasteiger partial charge in [-0.05, 0) is 82.1 Å². The van der Waals surface area contributed by atoms with Gasteiger partial charge in [0.15, 0.2) is 0 Å². The molecule has 2 aromatic heterocycles. The second-order valence-corrected chi connectivity index (χ2v) is 14.7. The molecule has 0 N–H and O–H groups in total. The van der Waals surface area contributed by atoms with Crippen molar-refractivity contribution in [1.29, 1.82) is 0 Å². The lowest BCUT2D eigenvalue weighted by atomic mass is 9.99. The van der Waals surface area contributed by atoms with E-state index >= 15 is 0 Å². The zero-order valence-electron chi connectivity index (χ0n) is 26.5. The number of hydrogen-bond donors (Lipinski definition) is 0. The molecular weight excluding hydrogens is 631 g/mol. The zero-order chi connectivity index (χ0) is 32.3. The summed E-state index contributed by atoms with van der Waals surface area (Å²) in [5.41, 5.74) is 8.27. The number of para-hydroxylation sites is 1. The van der Waals surface area contributed by atoms with Gasteiger partial charge in [-0.1, -0.05) is 121 Å². The molecule has 0 fully saturated rings. The molecule has 2 heterocycles. The topological polar surface area (TPSA) is 3.24 Å². The van der Waals surface area contributed by atoms with Crippen LogP contribution in [0.2, 0.25) is 0 Å². The summed E-state index contributed by atoms with van der Waals surface area (Å²) in [5.74, 6) is 0. The van der Waals surface area contributed by atoms with Crippen molar-refractivity contribution in [3.63, 3.8) is 0 Å². The highest BCUT2D eigenvalue weighted by Crippen LogP contribution is 2.44. The Morgan fingerprint density at radius 3 is 1.59 bits per heavy atom. The van der Waals surface area contributed by atoms with Gasteiger partial charge in [0.05, 0.1) is 5.69 Å². The number of hydrogen-bond acceptors (Lipinski definition) is 3. The van der Waals surface area contributed by atoms with E-state index in [9.17, 15) is 0 Å². The van der Waals surface area contributed by atoms with Crippen molar-refractivity contribution < 1.29 is 0 Å². The van der Waals surface area contributed by atoms with Gasteiger partial charge in [0, 0.05) is 57.3 Å². The van der Waals surface area contributed by atoms with Crippen molar-refractivity contribution in [2.75, 3.05) is 4.90 Å². The van der Waals surface area contributed by atoms with E-state index in [1.165, 1.54) is 73.4 Å². The Kier molecular flexibility index (Phi) is 6.61. The molecule has 230 valence electrons. The second-order valence-electron chi connectivity index (χ2n) is 12.5. The molecule has 0 aliphatic carbocycles. The first-order valence-electron chi connectivity index (χ1n) is 16.6. The third-order valence-electron chi connectivity index (χ3n) is 9.66. The molecule has 0 radical (unpaired) electrons. The summed E-state index contributed by atoms with van der Waals surface area (Å²) in [7, 11) is 0. The van der Waals surface area contributed by atoms with Crippen LogP contribution in [-0.4, -0.2) is 0 Å². The van der Waals surface area contributed by atoms with Crippen LogP contribution in [0, 0.1) is 0 Å². The van der Waals surface area contributed by atoms with Gasteiger partial charge in [0.1, 0.15) is 0 Å². The van der Waals surface area contributed by atoms with Gasteiger partial charge in [0.2, 0.25) is 0 Å². The lowest BCUT2D eigenvalue weighted by molar-refractivity contribution is 1.29. The van der Waals surface area contributed by atoms with Crippen LogP contribution in [0.1, 0.15) is 0 Å². The summed E-state index contributed by atoms with van der Waals surface area (Å²) in [5, 5.41) is 7.77. The van der Waals surface area contributed by atoms with Crippen molar-refractivity contribution in [3.8, 4) is 22.3 Å². The summed E-state index contributed by atoms with van der Waals surface area (Å²) in [4.78, 5) is 2.41. The van der Waals surface area contributed by atoms with Gasteiger partial charge in [-0.3, -0.25) is 0 Å². The summed E-state index contributed by atoms with van der Waals surface area (Å²) < 4.78 is 5.30. The minimum atomic E-state index is 1.12. The predicted molar refractivity (Wildman–Crippen MR) is 215 cm³/mol. The maximum absolute atomic E-state index is 2.41. The number of rotatable bonds is 5. The van der Waals surface area contributed by atoms with Gasteiger partial charge in [-0.25, -0.2) is 0 Å². The molecule has 1 nitrogen and oxygen atoms in total. The number of nitrogens with zero attached hydrogens (tertiary/aromatic N) is 1. The van der Waals surface area contributed by atoms with Crippen molar-refractivity contribution in [3.05, 3.63) is 176 Å². The maximum atomic E-state index is 2.41. The first-order chi connectivity index (χ1) is 24.3. The van der Waals surface area contributed by atoms with Crippen LogP contribution in [0.15, 0.2) is 176 Å². The van der Waals surface area contributed by atoms with Gasteiger partial charge >= 0.3 is 0 Å². The summed E-state index contributed by atoms with van der Waals surface area (Å²) >= 11 is 3.73. The fourth-order valence-electron chi connectivity index (χ4n) is 7.26. The standard InChI is InChI=1S/C46H29NS2/c1-2-10-32-27-36(24-19-30(32)9-1)47(35-22-17-31(18-23-35)33-20-25-40-38-12-4-7-15-43(38)48-45(40)28-33)42-14-6-3-11-37(42)34-21-26-41-39-13-5-8-16-44(39)49-46(41)29-34/h1-29H. The SMILES string of the molecule is c1ccc(N(c2ccc(-c3ccc4c(c3)sc3ccccc34)cc2)c2ccc3ccccc3c2)c(-c2ccc3c(c2)sc2ccccc23)c1. The van der Waals surface area contributed by atoms with E-state index in [1.807, 2.05) is 22.7 Å². The Morgan fingerprint density at radius 2 is 0.857 bits per heavy atom. The first-order valence-corrected chi connectivity index (χ1v) is 18.2. The predicted octanol–water partition coefficient (Wildman–Crippen LogP) is 14.4. The van der Waals surface area contributed by atoms with E-state index in [0.717, 1.165) is 17.1 Å². The normalized spacial score (nSPS) is 11.7. The van der Waals surface area contributed by atoms with E-state index < -0.39 is 0 Å². The monoisotopic (exact) mass is 659 g/mol. The zero-order valence-corrected chi connectivity index (χ0v) is 28.1. The summed E-state index contributed by atoms with van der Waals surface area (Å²) in [6.07, 6.45) is 0. The van der Waals surface area contributed by atoms with Crippen LogP contribution in [0.5, 0.6) is 0 Å². The van der Waals surface area contributed by atoms with Crippen LogP contribution in [0.25, 0.3) is 73.4 Å². The molecule has 0 aliphatic rings. The van der Waals surface area contributed by atoms with Crippen LogP contribution in [0.4, 0.5) is 17.1 Å². The Morgan fingerprint density at radius 1 is 0.327 bits per heavy atom. The van der Waals surface area contributed by atoms with Gasteiger partial charge in [0.25, 0.3) is 0 Å². The van der Waals surface area contributed by atoms with E-state index in [2.05, 4.69) is 181 Å².